The van der Waals surface area contributed by atoms with Crippen molar-refractivity contribution in [2.45, 2.75) is 18.8 Å². The highest BCUT2D eigenvalue weighted by Gasteiger charge is 2.21. The summed E-state index contributed by atoms with van der Waals surface area (Å²) in [6.07, 6.45) is 3.91. The van der Waals surface area contributed by atoms with E-state index < -0.39 is 0 Å². The summed E-state index contributed by atoms with van der Waals surface area (Å²) in [5, 5.41) is 10.6. The monoisotopic (exact) mass is 288 g/mol. The number of aromatic nitrogens is 4. The third-order valence-corrected chi connectivity index (χ3v) is 3.89. The molecule has 1 fully saturated rings. The van der Waals surface area contributed by atoms with E-state index in [2.05, 4.69) is 20.7 Å². The van der Waals surface area contributed by atoms with Gasteiger partial charge in [-0.25, -0.2) is 4.68 Å². The second-order valence-electron chi connectivity index (χ2n) is 5.40. The minimum absolute atomic E-state index is 0.171. The Morgan fingerprint density at radius 3 is 2.81 bits per heavy atom. The smallest absolute Gasteiger partial charge is 0.274 e. The molecular formula is C14H20N6O. The number of amides is 1. The van der Waals surface area contributed by atoms with Crippen LogP contribution in [0.1, 0.15) is 35.1 Å². The zero-order chi connectivity index (χ0) is 14.8. The standard InChI is InChI=1S/C14H20N6O/c1-19-9-3-4-11(19)13(21)17-14-16-12(18-20(14)2)10-5-7-15-8-6-10/h3-4,9-10,15H,5-8H2,1-2H3,(H,16,17,18,21). The van der Waals surface area contributed by atoms with Gasteiger partial charge in [0, 0.05) is 26.2 Å². The van der Waals surface area contributed by atoms with Gasteiger partial charge >= 0.3 is 0 Å². The third-order valence-electron chi connectivity index (χ3n) is 3.89. The van der Waals surface area contributed by atoms with Crippen molar-refractivity contribution in [2.75, 3.05) is 18.4 Å². The van der Waals surface area contributed by atoms with Gasteiger partial charge in [0.05, 0.1) is 0 Å². The van der Waals surface area contributed by atoms with Crippen molar-refractivity contribution in [3.63, 3.8) is 0 Å². The number of hydrogen-bond donors (Lipinski definition) is 2. The normalized spacial score (nSPS) is 16.1. The molecule has 112 valence electrons. The fourth-order valence-corrected chi connectivity index (χ4v) is 2.63. The lowest BCUT2D eigenvalue weighted by Gasteiger charge is -2.19. The Morgan fingerprint density at radius 2 is 2.14 bits per heavy atom. The molecule has 0 aliphatic carbocycles. The number of carbonyl (C=O) groups is 1. The molecule has 7 nitrogen and oxygen atoms in total. The summed E-state index contributed by atoms with van der Waals surface area (Å²) >= 11 is 0. The SMILES string of the molecule is Cn1cccc1C(=O)Nc1nc(C2CCNCC2)nn1C. The molecular weight excluding hydrogens is 268 g/mol. The van der Waals surface area contributed by atoms with Crippen LogP contribution < -0.4 is 10.6 Å². The van der Waals surface area contributed by atoms with E-state index >= 15 is 0 Å². The van der Waals surface area contributed by atoms with Crippen molar-refractivity contribution in [3.05, 3.63) is 29.8 Å². The highest BCUT2D eigenvalue weighted by molar-refractivity contribution is 6.02. The zero-order valence-corrected chi connectivity index (χ0v) is 12.3. The highest BCUT2D eigenvalue weighted by atomic mass is 16.2. The fourth-order valence-electron chi connectivity index (χ4n) is 2.63. The van der Waals surface area contributed by atoms with Gasteiger partial charge in [-0.15, -0.1) is 0 Å². The molecule has 0 spiro atoms. The largest absolute Gasteiger partial charge is 0.347 e. The van der Waals surface area contributed by atoms with Crippen LogP contribution in [0.25, 0.3) is 0 Å². The predicted molar refractivity (Wildman–Crippen MR) is 79.2 cm³/mol. The lowest BCUT2D eigenvalue weighted by Crippen LogP contribution is -2.27. The molecule has 1 aliphatic heterocycles. The van der Waals surface area contributed by atoms with E-state index in [1.54, 1.807) is 22.4 Å². The Kier molecular flexibility index (Phi) is 3.74. The molecule has 0 atom stereocenters. The van der Waals surface area contributed by atoms with Crippen molar-refractivity contribution >= 4 is 11.9 Å². The van der Waals surface area contributed by atoms with Gasteiger partial charge in [0.25, 0.3) is 5.91 Å². The van der Waals surface area contributed by atoms with Gasteiger partial charge in [-0.05, 0) is 38.1 Å². The molecule has 1 aliphatic rings. The zero-order valence-electron chi connectivity index (χ0n) is 12.3. The van der Waals surface area contributed by atoms with Crippen molar-refractivity contribution < 1.29 is 4.79 Å². The number of piperidine rings is 1. The number of nitrogens with one attached hydrogen (secondary N) is 2. The molecule has 0 saturated carbocycles. The number of hydrogen-bond acceptors (Lipinski definition) is 4. The first-order valence-corrected chi connectivity index (χ1v) is 7.19. The van der Waals surface area contributed by atoms with E-state index in [9.17, 15) is 4.79 Å². The van der Waals surface area contributed by atoms with Crippen molar-refractivity contribution in [3.8, 4) is 0 Å². The van der Waals surface area contributed by atoms with Crippen LogP contribution in [-0.2, 0) is 14.1 Å². The second kappa shape index (κ2) is 5.69. The first-order valence-electron chi connectivity index (χ1n) is 7.19. The number of rotatable bonds is 3. The Labute approximate surface area is 123 Å². The topological polar surface area (TPSA) is 76.8 Å². The van der Waals surface area contributed by atoms with E-state index in [1.807, 2.05) is 19.3 Å². The molecule has 0 radical (unpaired) electrons. The van der Waals surface area contributed by atoms with Crippen LogP contribution in [0.5, 0.6) is 0 Å². The Bertz CT molecular complexity index is 638. The summed E-state index contributed by atoms with van der Waals surface area (Å²) in [7, 11) is 3.64. The number of carbonyl (C=O) groups excluding carboxylic acids is 1. The average Bonchev–Trinajstić information content (AvgIpc) is 3.07. The maximum atomic E-state index is 12.2. The number of nitrogens with zero attached hydrogens (tertiary/aromatic N) is 4. The molecule has 3 rings (SSSR count). The van der Waals surface area contributed by atoms with Crippen LogP contribution in [-0.4, -0.2) is 38.3 Å². The van der Waals surface area contributed by atoms with Crippen LogP contribution in [0.3, 0.4) is 0 Å². The third kappa shape index (κ3) is 2.82. The molecule has 7 heteroatoms. The van der Waals surface area contributed by atoms with Gasteiger partial charge in [0.15, 0.2) is 5.82 Å². The summed E-state index contributed by atoms with van der Waals surface area (Å²) in [5.41, 5.74) is 0.599. The second-order valence-corrected chi connectivity index (χ2v) is 5.40. The van der Waals surface area contributed by atoms with Crippen LogP contribution in [0, 0.1) is 0 Å². The first kappa shape index (κ1) is 13.8. The van der Waals surface area contributed by atoms with E-state index in [0.717, 1.165) is 31.8 Å². The molecule has 21 heavy (non-hydrogen) atoms. The summed E-state index contributed by atoms with van der Waals surface area (Å²) in [5.74, 6) is 1.52. The van der Waals surface area contributed by atoms with Crippen LogP contribution in [0.2, 0.25) is 0 Å². The minimum atomic E-state index is -0.171. The van der Waals surface area contributed by atoms with Gasteiger partial charge in [-0.1, -0.05) is 0 Å². The molecule has 1 amide bonds. The molecule has 0 aromatic carbocycles. The molecule has 3 heterocycles. The maximum absolute atomic E-state index is 12.2. The van der Waals surface area contributed by atoms with E-state index in [4.69, 9.17) is 0 Å². The predicted octanol–water partition coefficient (Wildman–Crippen LogP) is 0.873. The van der Waals surface area contributed by atoms with E-state index in [-0.39, 0.29) is 5.91 Å². The Hall–Kier alpha value is -2.15. The fraction of sp³-hybridized carbons (Fsp3) is 0.500. The average molecular weight is 288 g/mol. The van der Waals surface area contributed by atoms with Gasteiger partial charge < -0.3 is 9.88 Å². The summed E-state index contributed by atoms with van der Waals surface area (Å²) in [6.45, 7) is 1.99. The van der Waals surface area contributed by atoms with Crippen LogP contribution >= 0.6 is 0 Å². The van der Waals surface area contributed by atoms with Gasteiger partial charge in [0.1, 0.15) is 5.69 Å². The van der Waals surface area contributed by atoms with Gasteiger partial charge in [-0.2, -0.15) is 10.1 Å². The Morgan fingerprint density at radius 1 is 1.38 bits per heavy atom. The van der Waals surface area contributed by atoms with Crippen LogP contribution in [0.15, 0.2) is 18.3 Å². The number of aryl methyl sites for hydroxylation is 2. The molecule has 0 unspecified atom stereocenters. The van der Waals surface area contributed by atoms with Crippen molar-refractivity contribution in [1.82, 2.24) is 24.6 Å². The van der Waals surface area contributed by atoms with Crippen molar-refractivity contribution in [2.24, 2.45) is 14.1 Å². The summed E-state index contributed by atoms with van der Waals surface area (Å²) in [4.78, 5) is 16.7. The molecule has 0 bridgehead atoms. The summed E-state index contributed by atoms with van der Waals surface area (Å²) < 4.78 is 3.41. The van der Waals surface area contributed by atoms with Crippen LogP contribution in [0.4, 0.5) is 5.95 Å². The van der Waals surface area contributed by atoms with E-state index in [1.165, 1.54) is 0 Å². The summed E-state index contributed by atoms with van der Waals surface area (Å²) in [6, 6.07) is 3.62. The van der Waals surface area contributed by atoms with Gasteiger partial charge in [0.2, 0.25) is 5.95 Å². The minimum Gasteiger partial charge on any atom is -0.347 e. The van der Waals surface area contributed by atoms with E-state index in [0.29, 0.717) is 17.6 Å². The highest BCUT2D eigenvalue weighted by Crippen LogP contribution is 2.23. The maximum Gasteiger partial charge on any atom is 0.274 e. The van der Waals surface area contributed by atoms with Gasteiger partial charge in [-0.3, -0.25) is 10.1 Å². The molecule has 2 aromatic heterocycles. The lowest BCUT2D eigenvalue weighted by molar-refractivity contribution is 0.101. The molecule has 2 aromatic rings. The molecule has 1 saturated heterocycles. The Balaban J connectivity index is 1.75. The number of anilines is 1. The lowest BCUT2D eigenvalue weighted by atomic mass is 9.98. The van der Waals surface area contributed by atoms with Crippen molar-refractivity contribution in [1.29, 1.82) is 0 Å². The molecule has 2 N–H and O–H groups in total. The first-order chi connectivity index (χ1) is 10.1. The quantitative estimate of drug-likeness (QED) is 0.879.